The lowest BCUT2D eigenvalue weighted by Gasteiger charge is -2.46. The molecule has 2 amide bonds. The van der Waals surface area contributed by atoms with Crippen LogP contribution < -0.4 is 5.32 Å². The van der Waals surface area contributed by atoms with Gasteiger partial charge < -0.3 is 10.2 Å². The van der Waals surface area contributed by atoms with Gasteiger partial charge in [-0.2, -0.15) is 0 Å². The smallest absolute Gasteiger partial charge is 0.248 e. The molecule has 1 saturated heterocycles. The Morgan fingerprint density at radius 3 is 2.26 bits per heavy atom. The Morgan fingerprint density at radius 2 is 1.84 bits per heavy atom. The van der Waals surface area contributed by atoms with E-state index in [1.165, 1.54) is 0 Å². The van der Waals surface area contributed by atoms with Crippen molar-refractivity contribution in [3.8, 4) is 0 Å². The predicted octanol–water partition coefficient (Wildman–Crippen LogP) is 2.18. The Balaban J connectivity index is 3.05. The van der Waals surface area contributed by atoms with E-state index in [9.17, 15) is 9.59 Å². The molecule has 19 heavy (non-hydrogen) atoms. The van der Waals surface area contributed by atoms with Crippen LogP contribution in [0.3, 0.4) is 0 Å². The number of hydrogen-bond donors (Lipinski definition) is 1. The first-order chi connectivity index (χ1) is 8.53. The van der Waals surface area contributed by atoms with Gasteiger partial charge >= 0.3 is 0 Å². The summed E-state index contributed by atoms with van der Waals surface area (Å²) in [5, 5.41) is 2.82. The van der Waals surface area contributed by atoms with Gasteiger partial charge in [0, 0.05) is 6.54 Å². The van der Waals surface area contributed by atoms with Crippen LogP contribution in [0.15, 0.2) is 0 Å². The van der Waals surface area contributed by atoms with E-state index in [-0.39, 0.29) is 23.3 Å². The number of carbonyl (C=O) groups is 2. The van der Waals surface area contributed by atoms with Crippen LogP contribution in [-0.4, -0.2) is 34.8 Å². The highest BCUT2D eigenvalue weighted by Gasteiger charge is 2.46. The van der Waals surface area contributed by atoms with Crippen molar-refractivity contribution in [1.82, 2.24) is 10.2 Å². The summed E-state index contributed by atoms with van der Waals surface area (Å²) in [6.07, 6.45) is 0.655. The highest BCUT2D eigenvalue weighted by atomic mass is 16.2. The van der Waals surface area contributed by atoms with Crippen molar-refractivity contribution >= 4 is 11.8 Å². The Morgan fingerprint density at radius 1 is 1.32 bits per heavy atom. The molecule has 0 aromatic rings. The van der Waals surface area contributed by atoms with Gasteiger partial charge in [-0.1, -0.05) is 34.6 Å². The Labute approximate surface area is 116 Å². The SMILES string of the molecule is CCC1C(=O)NC(C)(C)C(=O)N1CC(C)(C)C(C)C. The Hall–Kier alpha value is -1.06. The van der Waals surface area contributed by atoms with Gasteiger partial charge in [-0.05, 0) is 31.6 Å². The van der Waals surface area contributed by atoms with E-state index in [2.05, 4.69) is 33.0 Å². The lowest BCUT2D eigenvalue weighted by molar-refractivity contribution is -0.155. The summed E-state index contributed by atoms with van der Waals surface area (Å²) in [4.78, 5) is 26.5. The van der Waals surface area contributed by atoms with Crippen LogP contribution in [-0.2, 0) is 9.59 Å². The molecular weight excluding hydrogens is 240 g/mol. The fourth-order valence-electron chi connectivity index (χ4n) is 2.30. The summed E-state index contributed by atoms with van der Waals surface area (Å²) in [6, 6.07) is -0.335. The van der Waals surface area contributed by atoms with Gasteiger partial charge in [0.25, 0.3) is 0 Å². The molecule has 1 N–H and O–H groups in total. The van der Waals surface area contributed by atoms with Crippen molar-refractivity contribution in [2.45, 2.75) is 66.5 Å². The molecule has 4 nitrogen and oxygen atoms in total. The highest BCUT2D eigenvalue weighted by molar-refractivity contribution is 5.99. The molecule has 0 aromatic heterocycles. The summed E-state index contributed by atoms with van der Waals surface area (Å²) in [5.41, 5.74) is -0.799. The number of piperazine rings is 1. The lowest BCUT2D eigenvalue weighted by Crippen LogP contribution is -2.69. The van der Waals surface area contributed by atoms with E-state index in [4.69, 9.17) is 0 Å². The minimum atomic E-state index is -0.796. The van der Waals surface area contributed by atoms with Crippen molar-refractivity contribution in [3.63, 3.8) is 0 Å². The number of hydrogen-bond acceptors (Lipinski definition) is 2. The molecule has 0 radical (unpaired) electrons. The van der Waals surface area contributed by atoms with Crippen LogP contribution in [0.4, 0.5) is 0 Å². The number of rotatable bonds is 4. The number of amides is 2. The normalized spacial score (nSPS) is 23.8. The zero-order valence-corrected chi connectivity index (χ0v) is 13.3. The number of nitrogens with zero attached hydrogens (tertiary/aromatic N) is 1. The molecule has 1 fully saturated rings. The van der Waals surface area contributed by atoms with Crippen LogP contribution in [0.25, 0.3) is 0 Å². The van der Waals surface area contributed by atoms with Gasteiger partial charge in [-0.3, -0.25) is 9.59 Å². The zero-order valence-electron chi connectivity index (χ0n) is 13.3. The summed E-state index contributed by atoms with van der Waals surface area (Å²) >= 11 is 0. The average Bonchev–Trinajstić information content (AvgIpc) is 2.25. The summed E-state index contributed by atoms with van der Waals surface area (Å²) in [7, 11) is 0. The molecule has 1 rings (SSSR count). The molecule has 1 aliphatic heterocycles. The van der Waals surface area contributed by atoms with E-state index in [1.54, 1.807) is 18.7 Å². The molecule has 1 heterocycles. The fourth-order valence-corrected chi connectivity index (χ4v) is 2.30. The van der Waals surface area contributed by atoms with Crippen molar-refractivity contribution in [2.24, 2.45) is 11.3 Å². The Bertz CT molecular complexity index is 372. The molecule has 0 aliphatic carbocycles. The minimum Gasteiger partial charge on any atom is -0.340 e. The lowest BCUT2D eigenvalue weighted by atomic mass is 9.79. The average molecular weight is 268 g/mol. The maximum atomic E-state index is 12.6. The van der Waals surface area contributed by atoms with E-state index >= 15 is 0 Å². The topological polar surface area (TPSA) is 49.4 Å². The maximum absolute atomic E-state index is 12.6. The van der Waals surface area contributed by atoms with Crippen molar-refractivity contribution in [1.29, 1.82) is 0 Å². The van der Waals surface area contributed by atoms with E-state index < -0.39 is 5.54 Å². The largest absolute Gasteiger partial charge is 0.340 e. The summed E-state index contributed by atoms with van der Waals surface area (Å²) in [5.74, 6) is 0.435. The summed E-state index contributed by atoms with van der Waals surface area (Å²) in [6.45, 7) is 14.7. The predicted molar refractivity (Wildman–Crippen MR) is 76.6 cm³/mol. The molecule has 4 heteroatoms. The highest BCUT2D eigenvalue weighted by Crippen LogP contribution is 2.31. The van der Waals surface area contributed by atoms with Crippen LogP contribution >= 0.6 is 0 Å². The molecule has 1 aliphatic rings. The van der Waals surface area contributed by atoms with Crippen LogP contribution in [0.1, 0.15) is 54.9 Å². The minimum absolute atomic E-state index is 0.00319. The second-order valence-electron chi connectivity index (χ2n) is 7.11. The third-order valence-corrected chi connectivity index (χ3v) is 4.44. The monoisotopic (exact) mass is 268 g/mol. The van der Waals surface area contributed by atoms with Crippen LogP contribution in [0.5, 0.6) is 0 Å². The first-order valence-corrected chi connectivity index (χ1v) is 7.16. The molecule has 0 aromatic carbocycles. The molecule has 110 valence electrons. The number of nitrogens with one attached hydrogen (secondary N) is 1. The first-order valence-electron chi connectivity index (χ1n) is 7.16. The van der Waals surface area contributed by atoms with Gasteiger partial charge in [0.1, 0.15) is 11.6 Å². The molecular formula is C15H28N2O2. The molecule has 0 bridgehead atoms. The van der Waals surface area contributed by atoms with Crippen LogP contribution in [0, 0.1) is 11.3 Å². The number of carbonyl (C=O) groups excluding carboxylic acids is 2. The molecule has 0 saturated carbocycles. The first kappa shape index (κ1) is 16.0. The Kier molecular flexibility index (Phi) is 4.33. The van der Waals surface area contributed by atoms with Gasteiger partial charge in [0.15, 0.2) is 0 Å². The fraction of sp³-hybridized carbons (Fsp3) is 0.867. The van der Waals surface area contributed by atoms with E-state index in [0.717, 1.165) is 0 Å². The third kappa shape index (κ3) is 3.10. The van der Waals surface area contributed by atoms with E-state index in [0.29, 0.717) is 18.9 Å². The summed E-state index contributed by atoms with van der Waals surface area (Å²) < 4.78 is 0. The van der Waals surface area contributed by atoms with Gasteiger partial charge in [-0.25, -0.2) is 0 Å². The van der Waals surface area contributed by atoms with E-state index in [1.807, 2.05) is 6.92 Å². The van der Waals surface area contributed by atoms with Crippen molar-refractivity contribution in [3.05, 3.63) is 0 Å². The van der Waals surface area contributed by atoms with Gasteiger partial charge in [0.05, 0.1) is 0 Å². The quantitative estimate of drug-likeness (QED) is 0.849. The maximum Gasteiger partial charge on any atom is 0.248 e. The van der Waals surface area contributed by atoms with Crippen molar-refractivity contribution < 1.29 is 9.59 Å². The standard InChI is InChI=1S/C15H28N2O2/c1-8-11-12(18)16-15(6,7)13(19)17(11)9-14(4,5)10(2)3/h10-11H,8-9H2,1-7H3,(H,16,18). The zero-order chi connectivity index (χ0) is 15.0. The van der Waals surface area contributed by atoms with Gasteiger partial charge in [-0.15, -0.1) is 0 Å². The molecule has 1 unspecified atom stereocenters. The second kappa shape index (κ2) is 5.14. The third-order valence-electron chi connectivity index (χ3n) is 4.44. The molecule has 1 atom stereocenters. The van der Waals surface area contributed by atoms with Crippen molar-refractivity contribution in [2.75, 3.05) is 6.54 Å². The van der Waals surface area contributed by atoms with Gasteiger partial charge in [0.2, 0.25) is 11.8 Å². The molecule has 0 spiro atoms. The van der Waals surface area contributed by atoms with Crippen LogP contribution in [0.2, 0.25) is 0 Å². The second-order valence-corrected chi connectivity index (χ2v) is 7.11.